The second kappa shape index (κ2) is 5.98. The third-order valence-corrected chi connectivity index (χ3v) is 7.25. The number of benzene rings is 1. The number of carbonyl (C=O) groups excluding carboxylic acids is 1. The van der Waals surface area contributed by atoms with Gasteiger partial charge in [0.1, 0.15) is 0 Å². The SMILES string of the molecule is CC(=O)Nc1ccc(S(=O)(=O)N(C)C2CCS(=O)(=O)C2)cc1. The zero-order valence-electron chi connectivity index (χ0n) is 12.3. The Morgan fingerprint density at radius 3 is 2.32 bits per heavy atom. The molecule has 1 unspecified atom stereocenters. The maximum atomic E-state index is 12.5. The van der Waals surface area contributed by atoms with E-state index >= 15 is 0 Å². The summed E-state index contributed by atoms with van der Waals surface area (Å²) in [5, 5.41) is 2.55. The smallest absolute Gasteiger partial charge is 0.243 e. The Hall–Kier alpha value is -1.45. The number of hydrogen-bond acceptors (Lipinski definition) is 5. The molecule has 1 saturated heterocycles. The minimum Gasteiger partial charge on any atom is -0.326 e. The molecule has 0 spiro atoms. The molecule has 122 valence electrons. The van der Waals surface area contributed by atoms with Crippen molar-refractivity contribution in [1.29, 1.82) is 0 Å². The van der Waals surface area contributed by atoms with Gasteiger partial charge in [0.05, 0.1) is 16.4 Å². The van der Waals surface area contributed by atoms with Crippen LogP contribution in [-0.2, 0) is 24.7 Å². The van der Waals surface area contributed by atoms with E-state index in [1.165, 1.54) is 38.2 Å². The minimum atomic E-state index is -3.76. The summed E-state index contributed by atoms with van der Waals surface area (Å²) in [6.45, 7) is 1.36. The molecular formula is C13H18N2O5S2. The number of rotatable bonds is 4. The van der Waals surface area contributed by atoms with E-state index in [4.69, 9.17) is 0 Å². The van der Waals surface area contributed by atoms with Gasteiger partial charge in [0.15, 0.2) is 9.84 Å². The quantitative estimate of drug-likeness (QED) is 0.853. The van der Waals surface area contributed by atoms with Gasteiger partial charge in [-0.3, -0.25) is 4.79 Å². The number of nitrogens with one attached hydrogen (secondary N) is 1. The van der Waals surface area contributed by atoms with E-state index in [0.717, 1.165) is 4.31 Å². The number of anilines is 1. The van der Waals surface area contributed by atoms with Crippen LogP contribution < -0.4 is 5.32 Å². The molecule has 1 atom stereocenters. The molecular weight excluding hydrogens is 328 g/mol. The maximum Gasteiger partial charge on any atom is 0.243 e. The maximum absolute atomic E-state index is 12.5. The average molecular weight is 346 g/mol. The number of amides is 1. The fourth-order valence-corrected chi connectivity index (χ4v) is 5.59. The Morgan fingerprint density at radius 1 is 1.27 bits per heavy atom. The van der Waals surface area contributed by atoms with Gasteiger partial charge in [0.2, 0.25) is 15.9 Å². The van der Waals surface area contributed by atoms with E-state index in [1.807, 2.05) is 0 Å². The summed E-state index contributed by atoms with van der Waals surface area (Å²) in [7, 11) is -5.53. The number of nitrogens with zero attached hydrogens (tertiary/aromatic N) is 1. The van der Waals surface area contributed by atoms with Gasteiger partial charge >= 0.3 is 0 Å². The standard InChI is InChI=1S/C13H18N2O5S2/c1-10(16)14-11-3-5-13(6-4-11)22(19,20)15(2)12-7-8-21(17,18)9-12/h3-6,12H,7-9H2,1-2H3,(H,14,16). The molecule has 0 bridgehead atoms. The summed E-state index contributed by atoms with van der Waals surface area (Å²) in [5.74, 6) is -0.380. The molecule has 7 nitrogen and oxygen atoms in total. The molecule has 1 fully saturated rings. The number of carbonyl (C=O) groups is 1. The molecule has 0 saturated carbocycles. The molecule has 1 aromatic rings. The highest BCUT2D eigenvalue weighted by atomic mass is 32.2. The zero-order valence-corrected chi connectivity index (χ0v) is 13.9. The Bertz CT molecular complexity index is 769. The summed E-state index contributed by atoms with van der Waals surface area (Å²) >= 11 is 0. The number of sulfone groups is 1. The van der Waals surface area contributed by atoms with Crippen molar-refractivity contribution in [2.75, 3.05) is 23.9 Å². The molecule has 1 amide bonds. The van der Waals surface area contributed by atoms with Crippen LogP contribution in [0.5, 0.6) is 0 Å². The fourth-order valence-electron chi connectivity index (χ4n) is 2.34. The molecule has 22 heavy (non-hydrogen) atoms. The minimum absolute atomic E-state index is 0.0129. The molecule has 0 aromatic heterocycles. The van der Waals surface area contributed by atoms with Crippen molar-refractivity contribution in [3.05, 3.63) is 24.3 Å². The van der Waals surface area contributed by atoms with Crippen molar-refractivity contribution in [2.45, 2.75) is 24.3 Å². The van der Waals surface area contributed by atoms with Crippen molar-refractivity contribution >= 4 is 31.5 Å². The molecule has 0 aliphatic carbocycles. The lowest BCUT2D eigenvalue weighted by Crippen LogP contribution is -2.37. The van der Waals surface area contributed by atoms with Crippen LogP contribution in [-0.4, -0.2) is 51.6 Å². The van der Waals surface area contributed by atoms with Crippen LogP contribution >= 0.6 is 0 Å². The Balaban J connectivity index is 2.21. The second-order valence-corrected chi connectivity index (χ2v) is 9.51. The van der Waals surface area contributed by atoms with Gasteiger partial charge in [0, 0.05) is 25.7 Å². The van der Waals surface area contributed by atoms with Gasteiger partial charge in [0.25, 0.3) is 0 Å². The number of hydrogen-bond donors (Lipinski definition) is 1. The highest BCUT2D eigenvalue weighted by molar-refractivity contribution is 7.92. The van der Waals surface area contributed by atoms with Crippen molar-refractivity contribution < 1.29 is 21.6 Å². The largest absolute Gasteiger partial charge is 0.326 e. The summed E-state index contributed by atoms with van der Waals surface area (Å²) in [6.07, 6.45) is 0.308. The summed E-state index contributed by atoms with van der Waals surface area (Å²) in [5.41, 5.74) is 0.498. The summed E-state index contributed by atoms with van der Waals surface area (Å²) in [4.78, 5) is 11.0. The van der Waals surface area contributed by atoms with Gasteiger partial charge < -0.3 is 5.32 Å². The lowest BCUT2D eigenvalue weighted by molar-refractivity contribution is -0.114. The lowest BCUT2D eigenvalue weighted by atomic mass is 10.3. The molecule has 1 heterocycles. The van der Waals surface area contributed by atoms with E-state index in [2.05, 4.69) is 5.32 Å². The Kier molecular flexibility index (Phi) is 4.59. The first-order valence-corrected chi connectivity index (χ1v) is 9.94. The van der Waals surface area contributed by atoms with Gasteiger partial charge in [-0.15, -0.1) is 0 Å². The van der Waals surface area contributed by atoms with Crippen LogP contribution in [0.25, 0.3) is 0 Å². The van der Waals surface area contributed by atoms with Crippen LogP contribution in [0.4, 0.5) is 5.69 Å². The summed E-state index contributed by atoms with van der Waals surface area (Å²) < 4.78 is 49.1. The zero-order chi connectivity index (χ0) is 16.5. The molecule has 1 aliphatic rings. The van der Waals surface area contributed by atoms with Crippen LogP contribution in [0.2, 0.25) is 0 Å². The second-order valence-electron chi connectivity index (χ2n) is 5.28. The van der Waals surface area contributed by atoms with E-state index in [9.17, 15) is 21.6 Å². The van der Waals surface area contributed by atoms with E-state index in [-0.39, 0.29) is 22.3 Å². The Labute approximate surface area is 130 Å². The van der Waals surface area contributed by atoms with Gasteiger partial charge in [-0.1, -0.05) is 0 Å². The van der Waals surface area contributed by atoms with Crippen molar-refractivity contribution in [3.8, 4) is 0 Å². The van der Waals surface area contributed by atoms with Gasteiger partial charge in [-0.05, 0) is 30.7 Å². The predicted molar refractivity (Wildman–Crippen MR) is 82.8 cm³/mol. The lowest BCUT2D eigenvalue weighted by Gasteiger charge is -2.22. The van der Waals surface area contributed by atoms with Gasteiger partial charge in [-0.2, -0.15) is 4.31 Å². The topological polar surface area (TPSA) is 101 Å². The first-order valence-electron chi connectivity index (χ1n) is 6.68. The first-order chi connectivity index (χ1) is 10.1. The van der Waals surface area contributed by atoms with Crippen LogP contribution in [0.15, 0.2) is 29.2 Å². The number of sulfonamides is 1. The molecule has 1 aromatic carbocycles. The molecule has 9 heteroatoms. The van der Waals surface area contributed by atoms with E-state index in [1.54, 1.807) is 0 Å². The van der Waals surface area contributed by atoms with Crippen molar-refractivity contribution in [1.82, 2.24) is 4.31 Å². The summed E-state index contributed by atoms with van der Waals surface area (Å²) in [6, 6.07) is 5.23. The fraction of sp³-hybridized carbons (Fsp3) is 0.462. The first kappa shape index (κ1) is 16.9. The third kappa shape index (κ3) is 3.65. The van der Waals surface area contributed by atoms with Crippen LogP contribution in [0.1, 0.15) is 13.3 Å². The molecule has 0 radical (unpaired) electrons. The van der Waals surface area contributed by atoms with E-state index in [0.29, 0.717) is 12.1 Å². The predicted octanol–water partition coefficient (Wildman–Crippen LogP) is 0.453. The van der Waals surface area contributed by atoms with Crippen molar-refractivity contribution in [2.24, 2.45) is 0 Å². The van der Waals surface area contributed by atoms with Crippen molar-refractivity contribution in [3.63, 3.8) is 0 Å². The van der Waals surface area contributed by atoms with Gasteiger partial charge in [-0.25, -0.2) is 16.8 Å². The van der Waals surface area contributed by atoms with Crippen LogP contribution in [0.3, 0.4) is 0 Å². The third-order valence-electron chi connectivity index (χ3n) is 3.57. The molecule has 1 N–H and O–H groups in total. The monoisotopic (exact) mass is 346 g/mol. The highest BCUT2D eigenvalue weighted by Crippen LogP contribution is 2.24. The molecule has 1 aliphatic heterocycles. The van der Waals surface area contributed by atoms with E-state index < -0.39 is 25.9 Å². The molecule has 2 rings (SSSR count). The van der Waals surface area contributed by atoms with Crippen LogP contribution in [0, 0.1) is 0 Å². The highest BCUT2D eigenvalue weighted by Gasteiger charge is 2.36. The average Bonchev–Trinajstić information content (AvgIpc) is 2.78. The normalized spacial score (nSPS) is 21.0. The Morgan fingerprint density at radius 2 is 1.86 bits per heavy atom.